The smallest absolute Gasteiger partial charge is 0.422 e. The van der Waals surface area contributed by atoms with Gasteiger partial charge in [-0.15, -0.1) is 0 Å². The van der Waals surface area contributed by atoms with Crippen molar-refractivity contribution in [2.75, 3.05) is 25.5 Å². The molecular weight excluding hydrogens is 329 g/mol. The summed E-state index contributed by atoms with van der Waals surface area (Å²) in [6.45, 7) is 1.66. The number of hydrogen-bond acceptors (Lipinski definition) is 3. The highest BCUT2D eigenvalue weighted by Crippen LogP contribution is 2.24. The first kappa shape index (κ1) is 19.6. The number of aryl methyl sites for hydroxylation is 1. The van der Waals surface area contributed by atoms with Crippen LogP contribution in [0, 0.1) is 12.8 Å². The predicted octanol–water partition coefficient (Wildman–Crippen LogP) is 3.12. The molecule has 9 heteroatoms. The first-order chi connectivity index (χ1) is 11.0. The second-order valence-corrected chi connectivity index (χ2v) is 5.43. The van der Waals surface area contributed by atoms with Crippen LogP contribution in [0.4, 0.5) is 23.7 Å². The second-order valence-electron chi connectivity index (χ2n) is 5.43. The first-order valence-electron chi connectivity index (χ1n) is 7.04. The lowest BCUT2D eigenvalue weighted by atomic mass is 10.2. The number of ether oxygens (including phenoxy) is 1. The summed E-state index contributed by atoms with van der Waals surface area (Å²) in [5.41, 5.74) is 0.797. The van der Waals surface area contributed by atoms with Crippen LogP contribution in [0.3, 0.4) is 0 Å². The summed E-state index contributed by atoms with van der Waals surface area (Å²) in [6, 6.07) is 3.69. The van der Waals surface area contributed by atoms with Crippen LogP contribution in [0.15, 0.2) is 18.2 Å². The van der Waals surface area contributed by atoms with Crippen molar-refractivity contribution in [3.05, 3.63) is 23.8 Å². The van der Waals surface area contributed by atoms with Gasteiger partial charge in [0.05, 0.1) is 5.92 Å². The summed E-state index contributed by atoms with van der Waals surface area (Å²) in [5, 5.41) is 11.4. The van der Waals surface area contributed by atoms with Crippen LogP contribution < -0.4 is 10.1 Å². The maximum absolute atomic E-state index is 12.1. The minimum absolute atomic E-state index is 0.0208. The Morgan fingerprint density at radius 2 is 2.00 bits per heavy atom. The zero-order valence-corrected chi connectivity index (χ0v) is 13.5. The van der Waals surface area contributed by atoms with Crippen LogP contribution in [-0.4, -0.2) is 48.4 Å². The quantitative estimate of drug-likeness (QED) is 0.828. The molecule has 0 aliphatic rings. The van der Waals surface area contributed by atoms with E-state index in [1.807, 2.05) is 0 Å². The Hall–Kier alpha value is -2.45. The van der Waals surface area contributed by atoms with E-state index in [-0.39, 0.29) is 12.3 Å². The molecule has 0 saturated carbocycles. The number of alkyl halides is 3. The van der Waals surface area contributed by atoms with Gasteiger partial charge in [0.1, 0.15) is 5.75 Å². The number of carbonyl (C=O) groups excluding carboxylic acids is 1. The number of amides is 2. The van der Waals surface area contributed by atoms with E-state index >= 15 is 0 Å². The summed E-state index contributed by atoms with van der Waals surface area (Å²) in [7, 11) is 1.45. The molecule has 1 aromatic carbocycles. The fourth-order valence-electron chi connectivity index (χ4n) is 1.84. The average Bonchev–Trinajstić information content (AvgIpc) is 2.45. The molecule has 134 valence electrons. The fourth-order valence-corrected chi connectivity index (χ4v) is 1.84. The monoisotopic (exact) mass is 348 g/mol. The molecule has 2 amide bonds. The molecule has 1 unspecified atom stereocenters. The molecule has 6 nitrogen and oxygen atoms in total. The third-order valence-electron chi connectivity index (χ3n) is 3.13. The molecule has 1 atom stereocenters. The number of anilines is 1. The van der Waals surface area contributed by atoms with Crippen molar-refractivity contribution in [3.8, 4) is 5.75 Å². The molecular formula is C15H19F3N2O4. The summed E-state index contributed by atoms with van der Waals surface area (Å²) < 4.78 is 41.1. The van der Waals surface area contributed by atoms with Gasteiger partial charge in [-0.2, -0.15) is 13.2 Å². The van der Waals surface area contributed by atoms with Gasteiger partial charge < -0.3 is 20.1 Å². The van der Waals surface area contributed by atoms with E-state index in [4.69, 9.17) is 5.11 Å². The highest BCUT2D eigenvalue weighted by Gasteiger charge is 2.28. The Morgan fingerprint density at radius 1 is 1.38 bits per heavy atom. The molecule has 24 heavy (non-hydrogen) atoms. The molecule has 0 fully saturated rings. The summed E-state index contributed by atoms with van der Waals surface area (Å²) in [5.74, 6) is -1.67. The van der Waals surface area contributed by atoms with E-state index in [1.165, 1.54) is 37.1 Å². The molecule has 0 radical (unpaired) electrons. The highest BCUT2D eigenvalue weighted by molar-refractivity contribution is 5.89. The standard InChI is InChI=1S/C15H19F3N2O4/c1-9-6-11(4-5-12(9)24-8-15(16,17)18)19-14(23)20(3)7-10(2)13(21)22/h4-6,10H,7-8H2,1-3H3,(H,19,23)(H,21,22). The minimum atomic E-state index is -4.43. The molecule has 0 aliphatic heterocycles. The summed E-state index contributed by atoms with van der Waals surface area (Å²) in [4.78, 5) is 24.0. The van der Waals surface area contributed by atoms with Crippen LogP contribution in [-0.2, 0) is 4.79 Å². The molecule has 0 aliphatic carbocycles. The van der Waals surface area contributed by atoms with Crippen LogP contribution in [0.1, 0.15) is 12.5 Å². The molecule has 2 N–H and O–H groups in total. The van der Waals surface area contributed by atoms with Gasteiger partial charge in [0.25, 0.3) is 0 Å². The van der Waals surface area contributed by atoms with Gasteiger partial charge in [-0.25, -0.2) is 4.79 Å². The van der Waals surface area contributed by atoms with Crippen LogP contribution in [0.25, 0.3) is 0 Å². The predicted molar refractivity (Wildman–Crippen MR) is 81.2 cm³/mol. The number of carbonyl (C=O) groups is 2. The fraction of sp³-hybridized carbons (Fsp3) is 0.467. The van der Waals surface area contributed by atoms with Gasteiger partial charge in [-0.05, 0) is 30.7 Å². The minimum Gasteiger partial charge on any atom is -0.484 e. The maximum Gasteiger partial charge on any atom is 0.422 e. The van der Waals surface area contributed by atoms with Crippen LogP contribution in [0.2, 0.25) is 0 Å². The van der Waals surface area contributed by atoms with E-state index in [2.05, 4.69) is 10.1 Å². The van der Waals surface area contributed by atoms with Crippen molar-refractivity contribution in [2.24, 2.45) is 5.92 Å². The SMILES string of the molecule is Cc1cc(NC(=O)N(C)CC(C)C(=O)O)ccc1OCC(F)(F)F. The van der Waals surface area contributed by atoms with Gasteiger partial charge in [-0.1, -0.05) is 6.92 Å². The zero-order valence-electron chi connectivity index (χ0n) is 13.5. The van der Waals surface area contributed by atoms with Gasteiger partial charge in [-0.3, -0.25) is 4.79 Å². The molecule has 0 heterocycles. The Labute approximate surface area is 137 Å². The average molecular weight is 348 g/mol. The van der Waals surface area contributed by atoms with Crippen LogP contribution in [0.5, 0.6) is 5.75 Å². The van der Waals surface area contributed by atoms with Crippen LogP contribution >= 0.6 is 0 Å². The van der Waals surface area contributed by atoms with Gasteiger partial charge >= 0.3 is 18.2 Å². The van der Waals surface area contributed by atoms with Gasteiger partial charge in [0.2, 0.25) is 0 Å². The highest BCUT2D eigenvalue weighted by atomic mass is 19.4. The van der Waals surface area contributed by atoms with Crippen molar-refractivity contribution >= 4 is 17.7 Å². The maximum atomic E-state index is 12.1. The van der Waals surface area contributed by atoms with E-state index in [1.54, 1.807) is 6.92 Å². The summed E-state index contributed by atoms with van der Waals surface area (Å²) >= 11 is 0. The third kappa shape index (κ3) is 6.35. The Morgan fingerprint density at radius 3 is 2.50 bits per heavy atom. The van der Waals surface area contributed by atoms with E-state index in [0.29, 0.717) is 11.3 Å². The van der Waals surface area contributed by atoms with E-state index in [0.717, 1.165) is 0 Å². The van der Waals surface area contributed by atoms with Crippen molar-refractivity contribution in [3.63, 3.8) is 0 Å². The number of nitrogens with one attached hydrogen (secondary N) is 1. The van der Waals surface area contributed by atoms with Gasteiger partial charge in [0.15, 0.2) is 6.61 Å². The lowest BCUT2D eigenvalue weighted by molar-refractivity contribution is -0.153. The summed E-state index contributed by atoms with van der Waals surface area (Å²) in [6.07, 6.45) is -4.43. The Kier molecular flexibility index (Phi) is 6.44. The van der Waals surface area contributed by atoms with E-state index < -0.39 is 30.7 Å². The molecule has 0 saturated heterocycles. The number of rotatable bonds is 6. The molecule has 1 aromatic rings. The molecule has 0 spiro atoms. The van der Waals surface area contributed by atoms with Crippen molar-refractivity contribution < 1.29 is 32.6 Å². The number of nitrogens with zero attached hydrogens (tertiary/aromatic N) is 1. The third-order valence-corrected chi connectivity index (χ3v) is 3.13. The van der Waals surface area contributed by atoms with Crippen molar-refractivity contribution in [1.29, 1.82) is 0 Å². The largest absolute Gasteiger partial charge is 0.484 e. The lowest BCUT2D eigenvalue weighted by Gasteiger charge is -2.20. The number of hydrogen-bond donors (Lipinski definition) is 2. The van der Waals surface area contributed by atoms with Crippen molar-refractivity contribution in [1.82, 2.24) is 4.90 Å². The second kappa shape index (κ2) is 7.89. The Bertz CT molecular complexity index is 605. The first-order valence-corrected chi connectivity index (χ1v) is 7.04. The number of aliphatic carboxylic acids is 1. The van der Waals surface area contributed by atoms with E-state index in [9.17, 15) is 22.8 Å². The molecule has 0 bridgehead atoms. The lowest BCUT2D eigenvalue weighted by Crippen LogP contribution is -2.36. The number of carboxylic acids is 1. The number of benzene rings is 1. The van der Waals surface area contributed by atoms with Gasteiger partial charge in [0, 0.05) is 19.3 Å². The number of urea groups is 1. The number of halogens is 3. The zero-order chi connectivity index (χ0) is 18.5. The molecule has 1 rings (SSSR count). The number of carboxylic acid groups (broad SMARTS) is 1. The molecule has 0 aromatic heterocycles. The topological polar surface area (TPSA) is 78.9 Å². The van der Waals surface area contributed by atoms with Crippen molar-refractivity contribution in [2.45, 2.75) is 20.0 Å². The Balaban J connectivity index is 2.67. The normalized spacial score (nSPS) is 12.4.